The number of fused-ring (bicyclic) bond motifs is 1. The fraction of sp³-hybridized carbons (Fsp3) is 0.429. The molecule has 2 N–H and O–H groups in total. The molecule has 6 heteroatoms. The zero-order valence-electron chi connectivity index (χ0n) is 16.2. The molecule has 2 amide bonds. The number of carbonyl (C=O) groups excluding carboxylic acids is 2. The molecular weight excluding hydrogens is 340 g/mol. The Kier molecular flexibility index (Phi) is 5.96. The number of benzene rings is 1. The van der Waals surface area contributed by atoms with Crippen molar-refractivity contribution < 1.29 is 9.59 Å². The van der Waals surface area contributed by atoms with Gasteiger partial charge in [0.05, 0.1) is 6.04 Å². The van der Waals surface area contributed by atoms with Crippen LogP contribution in [0, 0.1) is 0 Å². The van der Waals surface area contributed by atoms with Gasteiger partial charge in [0.25, 0.3) is 0 Å². The number of carbonyl (C=O) groups is 2. The molecule has 3 rings (SSSR count). The first-order valence-corrected chi connectivity index (χ1v) is 9.46. The number of aryl methyl sites for hydroxylation is 1. The molecule has 2 heterocycles. The molecule has 0 bridgehead atoms. The molecule has 1 aliphatic rings. The van der Waals surface area contributed by atoms with E-state index in [-0.39, 0.29) is 12.1 Å². The van der Waals surface area contributed by atoms with E-state index in [9.17, 15) is 9.59 Å². The molecule has 27 heavy (non-hydrogen) atoms. The van der Waals surface area contributed by atoms with Crippen molar-refractivity contribution in [3.63, 3.8) is 0 Å². The second-order valence-electron chi connectivity index (χ2n) is 7.39. The highest BCUT2D eigenvalue weighted by Gasteiger charge is 2.27. The number of aromatic nitrogens is 1. The van der Waals surface area contributed by atoms with Crippen LogP contribution in [-0.4, -0.2) is 40.4 Å². The van der Waals surface area contributed by atoms with Crippen LogP contribution < -0.4 is 10.6 Å². The molecule has 2 aromatic rings. The molecule has 0 saturated carbocycles. The summed E-state index contributed by atoms with van der Waals surface area (Å²) in [6.07, 6.45) is 2.99. The van der Waals surface area contributed by atoms with E-state index in [2.05, 4.69) is 50.4 Å². The molecule has 1 aromatic heterocycles. The number of amides is 2. The molecule has 1 unspecified atom stereocenters. The first kappa shape index (κ1) is 19.2. The van der Waals surface area contributed by atoms with E-state index in [0.717, 1.165) is 25.2 Å². The third kappa shape index (κ3) is 4.57. The Morgan fingerprint density at radius 3 is 2.48 bits per heavy atom. The Balaban J connectivity index is 1.74. The minimum absolute atomic E-state index is 0.00848. The molecule has 0 fully saturated rings. The topological polar surface area (TPSA) is 66.4 Å². The smallest absolute Gasteiger partial charge is 0.309 e. The van der Waals surface area contributed by atoms with Crippen molar-refractivity contribution in [3.8, 4) is 0 Å². The van der Waals surface area contributed by atoms with Gasteiger partial charge in [-0.05, 0) is 43.5 Å². The molecule has 1 atom stereocenters. The number of rotatable bonds is 5. The maximum atomic E-state index is 12.2. The standard InChI is InChI=1S/C21H28N4O2/c1-15(2)23-21(27)20(26)22-13-19(18-9-6-11-24(18)3)25-12-10-16-7-4-5-8-17(16)14-25/h4-9,11,15,19H,10,12-14H2,1-3H3,(H,22,26)(H,23,27). The lowest BCUT2D eigenvalue weighted by Gasteiger charge is -2.36. The van der Waals surface area contributed by atoms with Crippen molar-refractivity contribution in [1.29, 1.82) is 0 Å². The number of nitrogens with one attached hydrogen (secondary N) is 2. The van der Waals surface area contributed by atoms with E-state index in [4.69, 9.17) is 0 Å². The normalized spacial score (nSPS) is 15.3. The van der Waals surface area contributed by atoms with Crippen molar-refractivity contribution in [1.82, 2.24) is 20.1 Å². The molecule has 1 aliphatic heterocycles. The molecule has 6 nitrogen and oxygen atoms in total. The minimum atomic E-state index is -0.584. The van der Waals surface area contributed by atoms with Crippen LogP contribution in [0.15, 0.2) is 42.6 Å². The van der Waals surface area contributed by atoms with Gasteiger partial charge in [-0.25, -0.2) is 0 Å². The largest absolute Gasteiger partial charge is 0.353 e. The molecule has 0 aliphatic carbocycles. The lowest BCUT2D eigenvalue weighted by molar-refractivity contribution is -0.139. The van der Waals surface area contributed by atoms with Gasteiger partial charge < -0.3 is 15.2 Å². The van der Waals surface area contributed by atoms with Crippen LogP contribution in [0.1, 0.15) is 36.7 Å². The third-order valence-electron chi connectivity index (χ3n) is 5.01. The highest BCUT2D eigenvalue weighted by molar-refractivity contribution is 6.35. The van der Waals surface area contributed by atoms with Crippen LogP contribution in [-0.2, 0) is 29.6 Å². The lowest BCUT2D eigenvalue weighted by atomic mass is 9.98. The van der Waals surface area contributed by atoms with Gasteiger partial charge in [-0.2, -0.15) is 0 Å². The Labute approximate surface area is 160 Å². The predicted octanol–water partition coefficient (Wildman–Crippen LogP) is 1.77. The SMILES string of the molecule is CC(C)NC(=O)C(=O)NCC(c1cccn1C)N1CCc2ccccc2C1. The van der Waals surface area contributed by atoms with Gasteiger partial charge in [0.15, 0.2) is 0 Å². The minimum Gasteiger partial charge on any atom is -0.353 e. The van der Waals surface area contributed by atoms with E-state index in [1.54, 1.807) is 0 Å². The summed E-state index contributed by atoms with van der Waals surface area (Å²) in [6.45, 7) is 5.82. The maximum absolute atomic E-state index is 12.2. The van der Waals surface area contributed by atoms with E-state index in [1.165, 1.54) is 11.1 Å². The molecular formula is C21H28N4O2. The predicted molar refractivity (Wildman–Crippen MR) is 105 cm³/mol. The number of hydrogen-bond donors (Lipinski definition) is 2. The van der Waals surface area contributed by atoms with Crippen molar-refractivity contribution in [2.75, 3.05) is 13.1 Å². The van der Waals surface area contributed by atoms with E-state index >= 15 is 0 Å². The average molecular weight is 368 g/mol. The van der Waals surface area contributed by atoms with E-state index in [0.29, 0.717) is 6.54 Å². The van der Waals surface area contributed by atoms with Gasteiger partial charge in [0.1, 0.15) is 0 Å². The van der Waals surface area contributed by atoms with Gasteiger partial charge >= 0.3 is 11.8 Å². The van der Waals surface area contributed by atoms with Gasteiger partial charge in [-0.1, -0.05) is 24.3 Å². The van der Waals surface area contributed by atoms with Crippen LogP contribution >= 0.6 is 0 Å². The van der Waals surface area contributed by atoms with Gasteiger partial charge in [-0.3, -0.25) is 14.5 Å². The second-order valence-corrected chi connectivity index (χ2v) is 7.39. The monoisotopic (exact) mass is 368 g/mol. The molecule has 0 radical (unpaired) electrons. The lowest BCUT2D eigenvalue weighted by Crippen LogP contribution is -2.46. The second kappa shape index (κ2) is 8.39. The Bertz CT molecular complexity index is 812. The summed E-state index contributed by atoms with van der Waals surface area (Å²) in [6, 6.07) is 12.5. The Hall–Kier alpha value is -2.60. The summed E-state index contributed by atoms with van der Waals surface area (Å²) in [5.41, 5.74) is 3.84. The van der Waals surface area contributed by atoms with Crippen molar-refractivity contribution in [3.05, 3.63) is 59.4 Å². The summed E-state index contributed by atoms with van der Waals surface area (Å²) < 4.78 is 2.07. The van der Waals surface area contributed by atoms with Crippen LogP contribution in [0.4, 0.5) is 0 Å². The quantitative estimate of drug-likeness (QED) is 0.791. The van der Waals surface area contributed by atoms with Crippen LogP contribution in [0.25, 0.3) is 0 Å². The van der Waals surface area contributed by atoms with Crippen LogP contribution in [0.3, 0.4) is 0 Å². The summed E-state index contributed by atoms with van der Waals surface area (Å²) in [7, 11) is 2.01. The molecule has 144 valence electrons. The Morgan fingerprint density at radius 1 is 1.07 bits per heavy atom. The average Bonchev–Trinajstić information content (AvgIpc) is 3.07. The van der Waals surface area contributed by atoms with Crippen molar-refractivity contribution >= 4 is 11.8 Å². The summed E-state index contributed by atoms with van der Waals surface area (Å²) in [5.74, 6) is -1.17. The highest BCUT2D eigenvalue weighted by Crippen LogP contribution is 2.27. The summed E-state index contributed by atoms with van der Waals surface area (Å²) in [5, 5.41) is 5.45. The van der Waals surface area contributed by atoms with Gasteiger partial charge in [0, 0.05) is 44.6 Å². The van der Waals surface area contributed by atoms with Crippen LogP contribution in [0.5, 0.6) is 0 Å². The molecule has 1 aromatic carbocycles. The molecule has 0 saturated heterocycles. The maximum Gasteiger partial charge on any atom is 0.309 e. The summed E-state index contributed by atoms with van der Waals surface area (Å²) in [4.78, 5) is 26.5. The van der Waals surface area contributed by atoms with Crippen molar-refractivity contribution in [2.24, 2.45) is 7.05 Å². The van der Waals surface area contributed by atoms with Gasteiger partial charge in [-0.15, -0.1) is 0 Å². The van der Waals surface area contributed by atoms with E-state index < -0.39 is 11.8 Å². The first-order chi connectivity index (χ1) is 13.0. The first-order valence-electron chi connectivity index (χ1n) is 9.46. The Morgan fingerprint density at radius 2 is 1.81 bits per heavy atom. The summed E-state index contributed by atoms with van der Waals surface area (Å²) >= 11 is 0. The molecule has 0 spiro atoms. The highest BCUT2D eigenvalue weighted by atomic mass is 16.2. The fourth-order valence-corrected chi connectivity index (χ4v) is 3.62. The number of nitrogens with zero attached hydrogens (tertiary/aromatic N) is 2. The van der Waals surface area contributed by atoms with Crippen molar-refractivity contribution in [2.45, 2.75) is 38.9 Å². The third-order valence-corrected chi connectivity index (χ3v) is 5.01. The van der Waals surface area contributed by atoms with Gasteiger partial charge in [0.2, 0.25) is 0 Å². The van der Waals surface area contributed by atoms with Crippen LogP contribution in [0.2, 0.25) is 0 Å². The zero-order chi connectivity index (χ0) is 19.4. The fourth-order valence-electron chi connectivity index (χ4n) is 3.62. The van der Waals surface area contributed by atoms with E-state index in [1.807, 2.05) is 33.2 Å². The zero-order valence-corrected chi connectivity index (χ0v) is 16.2. The number of hydrogen-bond acceptors (Lipinski definition) is 3.